The van der Waals surface area contributed by atoms with Gasteiger partial charge in [-0.15, -0.1) is 0 Å². The molecule has 1 aliphatic heterocycles. The normalized spacial score (nSPS) is 20.6. The van der Waals surface area contributed by atoms with Crippen molar-refractivity contribution in [3.8, 4) is 5.75 Å². The highest BCUT2D eigenvalue weighted by Gasteiger charge is 2.15. The Labute approximate surface area is 123 Å². The number of likely N-dealkylation sites (tertiary alicyclic amines) is 1. The van der Waals surface area contributed by atoms with E-state index in [0.717, 1.165) is 12.3 Å². The fourth-order valence-electron chi connectivity index (χ4n) is 2.94. The molecular formula is C17H28N2O. The fourth-order valence-corrected chi connectivity index (χ4v) is 2.94. The van der Waals surface area contributed by atoms with E-state index in [-0.39, 0.29) is 0 Å². The highest BCUT2D eigenvalue weighted by molar-refractivity contribution is 5.28. The third kappa shape index (κ3) is 4.80. The topological polar surface area (TPSA) is 24.5 Å². The maximum Gasteiger partial charge on any atom is 0.119 e. The zero-order valence-corrected chi connectivity index (χ0v) is 12.9. The molecule has 1 aliphatic rings. The SMILES string of the molecule is CCCN1CCCC(NCc2cccc(OC)c2)CC1. The van der Waals surface area contributed by atoms with Gasteiger partial charge in [0.15, 0.2) is 0 Å². The van der Waals surface area contributed by atoms with Gasteiger partial charge in [0.2, 0.25) is 0 Å². The van der Waals surface area contributed by atoms with Crippen LogP contribution in [-0.2, 0) is 6.54 Å². The molecule has 1 atom stereocenters. The smallest absolute Gasteiger partial charge is 0.119 e. The molecule has 1 saturated heterocycles. The average Bonchev–Trinajstić information content (AvgIpc) is 2.71. The maximum absolute atomic E-state index is 5.27. The molecule has 0 amide bonds. The first-order chi connectivity index (χ1) is 9.81. The Morgan fingerprint density at radius 3 is 3.00 bits per heavy atom. The molecule has 0 bridgehead atoms. The quantitative estimate of drug-likeness (QED) is 0.864. The maximum atomic E-state index is 5.27. The van der Waals surface area contributed by atoms with Gasteiger partial charge in [-0.2, -0.15) is 0 Å². The van der Waals surface area contributed by atoms with Gasteiger partial charge in [-0.3, -0.25) is 0 Å². The zero-order chi connectivity index (χ0) is 14.2. The van der Waals surface area contributed by atoms with Crippen LogP contribution in [0.5, 0.6) is 5.75 Å². The van der Waals surface area contributed by atoms with Crippen molar-refractivity contribution < 1.29 is 4.74 Å². The molecule has 0 aliphatic carbocycles. The average molecular weight is 276 g/mol. The first-order valence-electron chi connectivity index (χ1n) is 7.90. The number of nitrogens with one attached hydrogen (secondary N) is 1. The van der Waals surface area contributed by atoms with Crippen molar-refractivity contribution in [2.75, 3.05) is 26.7 Å². The van der Waals surface area contributed by atoms with Crippen LogP contribution in [0.25, 0.3) is 0 Å². The summed E-state index contributed by atoms with van der Waals surface area (Å²) in [5.41, 5.74) is 1.30. The molecule has 3 nitrogen and oxygen atoms in total. The minimum Gasteiger partial charge on any atom is -0.497 e. The summed E-state index contributed by atoms with van der Waals surface area (Å²) in [5, 5.41) is 3.71. The number of methoxy groups -OCH3 is 1. The predicted octanol–water partition coefficient (Wildman–Crippen LogP) is 3.05. The number of rotatable bonds is 6. The molecule has 3 heteroatoms. The van der Waals surface area contributed by atoms with Gasteiger partial charge < -0.3 is 15.0 Å². The second kappa shape index (κ2) is 8.28. The third-order valence-corrected chi connectivity index (χ3v) is 4.09. The van der Waals surface area contributed by atoms with E-state index in [2.05, 4.69) is 35.3 Å². The van der Waals surface area contributed by atoms with Gasteiger partial charge in [0.05, 0.1) is 7.11 Å². The monoisotopic (exact) mass is 276 g/mol. The van der Waals surface area contributed by atoms with Gasteiger partial charge in [-0.25, -0.2) is 0 Å². The molecule has 1 N–H and O–H groups in total. The fraction of sp³-hybridized carbons (Fsp3) is 0.647. The third-order valence-electron chi connectivity index (χ3n) is 4.09. The molecule has 1 fully saturated rings. The van der Waals surface area contributed by atoms with E-state index in [1.807, 2.05) is 6.07 Å². The molecular weight excluding hydrogens is 248 g/mol. The number of nitrogens with zero attached hydrogens (tertiary/aromatic N) is 1. The van der Waals surface area contributed by atoms with Crippen LogP contribution >= 0.6 is 0 Å². The summed E-state index contributed by atoms with van der Waals surface area (Å²) in [7, 11) is 1.72. The van der Waals surface area contributed by atoms with Crippen molar-refractivity contribution in [3.05, 3.63) is 29.8 Å². The van der Waals surface area contributed by atoms with Crippen LogP contribution in [0.4, 0.5) is 0 Å². The van der Waals surface area contributed by atoms with Gasteiger partial charge in [-0.1, -0.05) is 19.1 Å². The Morgan fingerprint density at radius 1 is 1.30 bits per heavy atom. The minimum atomic E-state index is 0.656. The zero-order valence-electron chi connectivity index (χ0n) is 12.9. The summed E-state index contributed by atoms with van der Waals surface area (Å²) in [4.78, 5) is 2.60. The molecule has 1 heterocycles. The van der Waals surface area contributed by atoms with Crippen LogP contribution < -0.4 is 10.1 Å². The van der Waals surface area contributed by atoms with Crippen LogP contribution in [0.15, 0.2) is 24.3 Å². The second-order valence-electron chi connectivity index (χ2n) is 5.70. The molecule has 1 aromatic rings. The van der Waals surface area contributed by atoms with Crippen LogP contribution in [0, 0.1) is 0 Å². The van der Waals surface area contributed by atoms with Crippen LogP contribution in [0.3, 0.4) is 0 Å². The van der Waals surface area contributed by atoms with Crippen molar-refractivity contribution in [1.82, 2.24) is 10.2 Å². The molecule has 0 radical (unpaired) electrons. The molecule has 0 saturated carbocycles. The van der Waals surface area contributed by atoms with E-state index >= 15 is 0 Å². The second-order valence-corrected chi connectivity index (χ2v) is 5.70. The van der Waals surface area contributed by atoms with Crippen LogP contribution in [-0.4, -0.2) is 37.7 Å². The summed E-state index contributed by atoms with van der Waals surface area (Å²) in [6, 6.07) is 9.00. The van der Waals surface area contributed by atoms with E-state index in [9.17, 15) is 0 Å². The summed E-state index contributed by atoms with van der Waals surface area (Å²) >= 11 is 0. The highest BCUT2D eigenvalue weighted by atomic mass is 16.5. The Kier molecular flexibility index (Phi) is 6.34. The summed E-state index contributed by atoms with van der Waals surface area (Å²) in [6.45, 7) is 6.97. The number of ether oxygens (including phenoxy) is 1. The first kappa shape index (κ1) is 15.3. The van der Waals surface area contributed by atoms with Crippen molar-refractivity contribution in [2.45, 2.75) is 45.2 Å². The lowest BCUT2D eigenvalue weighted by Gasteiger charge is -2.19. The van der Waals surface area contributed by atoms with Crippen molar-refractivity contribution in [3.63, 3.8) is 0 Å². The standard InChI is InChI=1S/C17H28N2O/c1-3-10-19-11-5-7-16(9-12-19)18-14-15-6-4-8-17(13-15)20-2/h4,6,8,13,16,18H,3,5,7,9-12,14H2,1-2H3. The Morgan fingerprint density at radius 2 is 2.20 bits per heavy atom. The summed E-state index contributed by atoms with van der Waals surface area (Å²) in [6.07, 6.45) is 5.14. The predicted molar refractivity (Wildman–Crippen MR) is 84.2 cm³/mol. The Balaban J connectivity index is 1.78. The van der Waals surface area contributed by atoms with Crippen molar-refractivity contribution in [1.29, 1.82) is 0 Å². The Bertz CT molecular complexity index is 394. The molecule has 1 unspecified atom stereocenters. The van der Waals surface area contributed by atoms with Gasteiger partial charge in [0.25, 0.3) is 0 Å². The molecule has 2 rings (SSSR count). The number of hydrogen-bond acceptors (Lipinski definition) is 3. The van der Waals surface area contributed by atoms with E-state index in [1.165, 1.54) is 50.9 Å². The first-order valence-corrected chi connectivity index (χ1v) is 7.90. The van der Waals surface area contributed by atoms with Crippen molar-refractivity contribution >= 4 is 0 Å². The van der Waals surface area contributed by atoms with Gasteiger partial charge in [-0.05, 0) is 63.0 Å². The molecule has 0 aromatic heterocycles. The van der Waals surface area contributed by atoms with Crippen LogP contribution in [0.2, 0.25) is 0 Å². The van der Waals surface area contributed by atoms with Crippen molar-refractivity contribution in [2.24, 2.45) is 0 Å². The van der Waals surface area contributed by atoms with Gasteiger partial charge >= 0.3 is 0 Å². The summed E-state index contributed by atoms with van der Waals surface area (Å²) in [5.74, 6) is 0.944. The van der Waals surface area contributed by atoms with E-state index in [0.29, 0.717) is 6.04 Å². The van der Waals surface area contributed by atoms with Gasteiger partial charge in [0.1, 0.15) is 5.75 Å². The number of hydrogen-bond donors (Lipinski definition) is 1. The minimum absolute atomic E-state index is 0.656. The van der Waals surface area contributed by atoms with Crippen LogP contribution in [0.1, 0.15) is 38.2 Å². The lowest BCUT2D eigenvalue weighted by atomic mass is 10.1. The lowest BCUT2D eigenvalue weighted by molar-refractivity contribution is 0.282. The molecule has 1 aromatic carbocycles. The molecule has 112 valence electrons. The lowest BCUT2D eigenvalue weighted by Crippen LogP contribution is -2.30. The highest BCUT2D eigenvalue weighted by Crippen LogP contribution is 2.15. The van der Waals surface area contributed by atoms with Gasteiger partial charge in [0, 0.05) is 12.6 Å². The Hall–Kier alpha value is -1.06. The van der Waals surface area contributed by atoms with E-state index < -0.39 is 0 Å². The molecule has 0 spiro atoms. The molecule has 20 heavy (non-hydrogen) atoms. The largest absolute Gasteiger partial charge is 0.497 e. The number of benzene rings is 1. The van der Waals surface area contributed by atoms with E-state index in [1.54, 1.807) is 7.11 Å². The summed E-state index contributed by atoms with van der Waals surface area (Å²) < 4.78 is 5.27. The van der Waals surface area contributed by atoms with E-state index in [4.69, 9.17) is 4.74 Å².